The van der Waals surface area contributed by atoms with E-state index in [1.54, 1.807) is 0 Å². The lowest BCUT2D eigenvalue weighted by Crippen LogP contribution is -2.07. The summed E-state index contributed by atoms with van der Waals surface area (Å²) >= 11 is 0.885. The van der Waals surface area contributed by atoms with Gasteiger partial charge in [0.1, 0.15) is 17.4 Å². The number of ether oxygens (including phenoxy) is 2. The quantitative estimate of drug-likeness (QED) is 0.869. The second-order valence-corrected chi connectivity index (χ2v) is 4.73. The molecular formula is C13H10FN3O3S. The number of carbonyl (C=O) groups excluding carboxylic acids is 1. The highest BCUT2D eigenvalue weighted by molar-refractivity contribution is 7.10. The predicted octanol–water partition coefficient (Wildman–Crippen LogP) is 2.10. The van der Waals surface area contributed by atoms with Gasteiger partial charge in [0.15, 0.2) is 5.56 Å². The SMILES string of the molecule is COC(=O)c1c(OCc2ccc(C#N)cc2F)nsc1N. The molecule has 0 unspecified atom stereocenters. The van der Waals surface area contributed by atoms with Crippen molar-refractivity contribution in [1.29, 1.82) is 5.26 Å². The number of nitrogens with zero attached hydrogens (tertiary/aromatic N) is 2. The molecule has 0 aliphatic rings. The molecule has 0 saturated carbocycles. The standard InChI is InChI=1S/C13H10FN3O3S/c1-19-13(18)10-11(16)21-17-12(10)20-6-8-3-2-7(5-15)4-9(8)14/h2-4H,6,16H2,1H3. The fourth-order valence-electron chi connectivity index (χ4n) is 1.56. The van der Waals surface area contributed by atoms with Crippen molar-refractivity contribution in [2.75, 3.05) is 12.8 Å². The Morgan fingerprint density at radius 1 is 1.57 bits per heavy atom. The predicted molar refractivity (Wildman–Crippen MR) is 73.3 cm³/mol. The highest BCUT2D eigenvalue weighted by atomic mass is 32.1. The van der Waals surface area contributed by atoms with Crippen molar-refractivity contribution in [3.63, 3.8) is 0 Å². The lowest BCUT2D eigenvalue weighted by molar-refractivity contribution is 0.0597. The maximum absolute atomic E-state index is 13.7. The van der Waals surface area contributed by atoms with E-state index in [2.05, 4.69) is 9.11 Å². The normalized spacial score (nSPS) is 9.95. The lowest BCUT2D eigenvalue weighted by Gasteiger charge is -2.06. The van der Waals surface area contributed by atoms with Crippen molar-refractivity contribution >= 4 is 22.5 Å². The number of hydrogen-bond acceptors (Lipinski definition) is 7. The minimum absolute atomic E-state index is 0.00638. The molecule has 6 nitrogen and oxygen atoms in total. The van der Waals surface area contributed by atoms with Crippen LogP contribution in [0.5, 0.6) is 5.88 Å². The number of carbonyl (C=O) groups is 1. The van der Waals surface area contributed by atoms with Crippen LogP contribution in [0.4, 0.5) is 9.39 Å². The molecule has 2 aromatic rings. The summed E-state index contributed by atoms with van der Waals surface area (Å²) < 4.78 is 27.5. The van der Waals surface area contributed by atoms with E-state index in [-0.39, 0.29) is 34.2 Å². The van der Waals surface area contributed by atoms with E-state index < -0.39 is 11.8 Å². The van der Waals surface area contributed by atoms with Gasteiger partial charge in [0.2, 0.25) is 5.88 Å². The van der Waals surface area contributed by atoms with Gasteiger partial charge in [0.05, 0.1) is 18.7 Å². The number of anilines is 1. The molecule has 8 heteroatoms. The Bertz CT molecular complexity index is 724. The summed E-state index contributed by atoms with van der Waals surface area (Å²) in [4.78, 5) is 11.6. The molecule has 21 heavy (non-hydrogen) atoms. The Kier molecular flexibility index (Phi) is 4.35. The number of nitrogen functional groups attached to an aromatic ring is 1. The Morgan fingerprint density at radius 2 is 2.33 bits per heavy atom. The average Bonchev–Trinajstić information content (AvgIpc) is 2.86. The molecule has 2 N–H and O–H groups in total. The van der Waals surface area contributed by atoms with E-state index >= 15 is 0 Å². The van der Waals surface area contributed by atoms with Crippen molar-refractivity contribution in [1.82, 2.24) is 4.37 Å². The van der Waals surface area contributed by atoms with Gasteiger partial charge in [-0.25, -0.2) is 9.18 Å². The van der Waals surface area contributed by atoms with Gasteiger partial charge in [-0.3, -0.25) is 0 Å². The molecule has 0 aliphatic heterocycles. The molecule has 0 bridgehead atoms. The third-order valence-corrected chi connectivity index (χ3v) is 3.28. The second kappa shape index (κ2) is 6.19. The van der Waals surface area contributed by atoms with Crippen molar-refractivity contribution in [2.24, 2.45) is 0 Å². The first-order valence-corrected chi connectivity index (χ1v) is 6.49. The van der Waals surface area contributed by atoms with Crippen LogP contribution in [-0.4, -0.2) is 17.5 Å². The molecule has 0 atom stereocenters. The number of nitrogens with two attached hydrogens (primary N) is 1. The molecule has 108 valence electrons. The number of aromatic nitrogens is 1. The lowest BCUT2D eigenvalue weighted by atomic mass is 10.1. The van der Waals surface area contributed by atoms with Crippen molar-refractivity contribution < 1.29 is 18.7 Å². The Balaban J connectivity index is 2.18. The van der Waals surface area contributed by atoms with Crippen molar-refractivity contribution in [3.05, 3.63) is 40.7 Å². The number of nitriles is 1. The maximum atomic E-state index is 13.7. The Morgan fingerprint density at radius 3 is 2.95 bits per heavy atom. The number of hydrogen-bond donors (Lipinski definition) is 1. The smallest absolute Gasteiger partial charge is 0.346 e. The highest BCUT2D eigenvalue weighted by Gasteiger charge is 2.21. The number of methoxy groups -OCH3 is 1. The highest BCUT2D eigenvalue weighted by Crippen LogP contribution is 2.29. The third kappa shape index (κ3) is 3.09. The van der Waals surface area contributed by atoms with E-state index in [1.165, 1.54) is 19.2 Å². The maximum Gasteiger partial charge on any atom is 0.346 e. The van der Waals surface area contributed by atoms with Gasteiger partial charge >= 0.3 is 5.97 Å². The van der Waals surface area contributed by atoms with Gasteiger partial charge < -0.3 is 15.2 Å². The first-order chi connectivity index (χ1) is 10.1. The van der Waals surface area contributed by atoms with Crippen molar-refractivity contribution in [2.45, 2.75) is 6.61 Å². The summed E-state index contributed by atoms with van der Waals surface area (Å²) in [7, 11) is 1.21. The van der Waals surface area contributed by atoms with E-state index in [9.17, 15) is 9.18 Å². The van der Waals surface area contributed by atoms with Gasteiger partial charge in [-0.2, -0.15) is 9.64 Å². The van der Waals surface area contributed by atoms with Crippen molar-refractivity contribution in [3.8, 4) is 11.9 Å². The second-order valence-electron chi connectivity index (χ2n) is 3.93. The van der Waals surface area contributed by atoms with E-state index in [0.29, 0.717) is 0 Å². The van der Waals surface area contributed by atoms with Crippen LogP contribution in [0.25, 0.3) is 0 Å². The van der Waals surface area contributed by atoms with E-state index in [1.807, 2.05) is 6.07 Å². The van der Waals surface area contributed by atoms with Gasteiger partial charge in [-0.1, -0.05) is 6.07 Å². The van der Waals surface area contributed by atoms with Gasteiger partial charge in [-0.05, 0) is 23.7 Å². The Hall–Kier alpha value is -2.66. The molecule has 2 rings (SSSR count). The molecule has 1 heterocycles. The van der Waals surface area contributed by atoms with Gasteiger partial charge in [-0.15, -0.1) is 0 Å². The molecular weight excluding hydrogens is 297 g/mol. The summed E-state index contributed by atoms with van der Waals surface area (Å²) in [6.45, 7) is -0.148. The third-order valence-electron chi connectivity index (χ3n) is 2.62. The summed E-state index contributed by atoms with van der Waals surface area (Å²) in [5.41, 5.74) is 6.09. The number of benzene rings is 1. The number of halogens is 1. The Labute approximate surface area is 123 Å². The first kappa shape index (κ1) is 14.7. The van der Waals surface area contributed by atoms with Crippen LogP contribution in [0.15, 0.2) is 18.2 Å². The zero-order chi connectivity index (χ0) is 15.4. The van der Waals surface area contributed by atoms with E-state index in [4.69, 9.17) is 15.7 Å². The van der Waals surface area contributed by atoms with Crippen LogP contribution in [0.2, 0.25) is 0 Å². The van der Waals surface area contributed by atoms with Crippen LogP contribution < -0.4 is 10.5 Å². The molecule has 1 aromatic heterocycles. The summed E-state index contributed by atoms with van der Waals surface area (Å²) in [5.74, 6) is -1.25. The molecule has 0 saturated heterocycles. The summed E-state index contributed by atoms with van der Waals surface area (Å²) in [6.07, 6.45) is 0. The topological polar surface area (TPSA) is 98.2 Å². The van der Waals surface area contributed by atoms with E-state index in [0.717, 1.165) is 17.6 Å². The zero-order valence-electron chi connectivity index (χ0n) is 10.9. The molecule has 0 spiro atoms. The molecule has 0 radical (unpaired) electrons. The molecule has 0 amide bonds. The molecule has 0 fully saturated rings. The number of rotatable bonds is 4. The van der Waals surface area contributed by atoms with Crippen LogP contribution >= 0.6 is 11.5 Å². The largest absolute Gasteiger partial charge is 0.471 e. The monoisotopic (exact) mass is 307 g/mol. The molecule has 0 aliphatic carbocycles. The van der Waals surface area contributed by atoms with Crippen LogP contribution in [0, 0.1) is 17.1 Å². The fraction of sp³-hybridized carbons (Fsp3) is 0.154. The fourth-order valence-corrected chi connectivity index (χ4v) is 2.14. The molecule has 1 aromatic carbocycles. The number of esters is 1. The first-order valence-electron chi connectivity index (χ1n) is 5.71. The minimum Gasteiger partial charge on any atom is -0.471 e. The zero-order valence-corrected chi connectivity index (χ0v) is 11.7. The minimum atomic E-state index is -0.670. The summed E-state index contributed by atoms with van der Waals surface area (Å²) in [5, 5.41) is 8.83. The van der Waals surface area contributed by atoms with Gasteiger partial charge in [0.25, 0.3) is 0 Å². The summed E-state index contributed by atoms with van der Waals surface area (Å²) in [6, 6.07) is 5.84. The average molecular weight is 307 g/mol. The van der Waals surface area contributed by atoms with Gasteiger partial charge in [0, 0.05) is 5.56 Å². The van der Waals surface area contributed by atoms with Crippen LogP contribution in [0.1, 0.15) is 21.5 Å². The van der Waals surface area contributed by atoms with Crippen LogP contribution in [-0.2, 0) is 11.3 Å². The van der Waals surface area contributed by atoms with Crippen LogP contribution in [0.3, 0.4) is 0 Å².